The average Bonchev–Trinajstić information content (AvgIpc) is 2.84. The van der Waals surface area contributed by atoms with Crippen molar-refractivity contribution < 1.29 is 4.74 Å². The van der Waals surface area contributed by atoms with Gasteiger partial charge in [-0.3, -0.25) is 0 Å². The molecule has 0 bridgehead atoms. The van der Waals surface area contributed by atoms with Gasteiger partial charge < -0.3 is 19.9 Å². The second-order valence-electron chi connectivity index (χ2n) is 5.59. The summed E-state index contributed by atoms with van der Waals surface area (Å²) in [5.41, 5.74) is 0. The quantitative estimate of drug-likeness (QED) is 0.754. The molecular weight excluding hydrogens is 226 g/mol. The van der Waals surface area contributed by atoms with Gasteiger partial charge >= 0.3 is 0 Å². The van der Waals surface area contributed by atoms with Crippen LogP contribution in [0.3, 0.4) is 0 Å². The minimum Gasteiger partial charge on any atom is -0.379 e. The summed E-state index contributed by atoms with van der Waals surface area (Å²) in [7, 11) is 0. The number of hydrogen-bond donors (Lipinski definition) is 1. The Labute approximate surface area is 112 Å². The van der Waals surface area contributed by atoms with Gasteiger partial charge in [0.25, 0.3) is 0 Å². The largest absolute Gasteiger partial charge is 0.379 e. The topological polar surface area (TPSA) is 27.7 Å². The van der Waals surface area contributed by atoms with Crippen molar-refractivity contribution in [3.63, 3.8) is 0 Å². The summed E-state index contributed by atoms with van der Waals surface area (Å²) in [6.45, 7) is 14.8. The first-order valence-electron chi connectivity index (χ1n) is 7.59. The fourth-order valence-corrected chi connectivity index (χ4v) is 2.95. The zero-order chi connectivity index (χ0) is 12.8. The van der Waals surface area contributed by atoms with E-state index < -0.39 is 0 Å². The van der Waals surface area contributed by atoms with E-state index in [0.29, 0.717) is 12.0 Å². The van der Waals surface area contributed by atoms with Crippen molar-refractivity contribution in [2.24, 2.45) is 5.92 Å². The first-order chi connectivity index (χ1) is 8.83. The Hall–Kier alpha value is -0.160. The summed E-state index contributed by atoms with van der Waals surface area (Å²) < 4.78 is 5.65. The Morgan fingerprint density at radius 2 is 1.78 bits per heavy atom. The zero-order valence-corrected chi connectivity index (χ0v) is 12.0. The number of ether oxygens (including phenoxy) is 1. The first kappa shape index (κ1) is 14.3. The van der Waals surface area contributed by atoms with Crippen molar-refractivity contribution in [1.29, 1.82) is 0 Å². The molecule has 0 aromatic rings. The van der Waals surface area contributed by atoms with E-state index in [1.807, 2.05) is 0 Å². The molecule has 2 rings (SSSR count). The minimum atomic E-state index is 0.578. The lowest BCUT2D eigenvalue weighted by Gasteiger charge is -2.36. The molecular formula is C14H29N3O. The number of piperazine rings is 1. The van der Waals surface area contributed by atoms with Crippen LogP contribution in [0.1, 0.15) is 20.3 Å². The summed E-state index contributed by atoms with van der Waals surface area (Å²) in [6.07, 6.45) is 1.21. The van der Waals surface area contributed by atoms with Gasteiger partial charge in [0.2, 0.25) is 0 Å². The zero-order valence-electron chi connectivity index (χ0n) is 12.0. The van der Waals surface area contributed by atoms with Crippen molar-refractivity contribution in [1.82, 2.24) is 15.1 Å². The van der Waals surface area contributed by atoms with Gasteiger partial charge in [-0.05, 0) is 19.5 Å². The van der Waals surface area contributed by atoms with E-state index in [9.17, 15) is 0 Å². The van der Waals surface area contributed by atoms with Gasteiger partial charge in [-0.25, -0.2) is 0 Å². The van der Waals surface area contributed by atoms with Crippen LogP contribution in [0.4, 0.5) is 0 Å². The lowest BCUT2D eigenvalue weighted by atomic mass is 10.0. The smallest absolute Gasteiger partial charge is 0.0623 e. The minimum absolute atomic E-state index is 0.578. The average molecular weight is 255 g/mol. The molecule has 2 aliphatic rings. The van der Waals surface area contributed by atoms with Gasteiger partial charge in [-0.1, -0.05) is 13.8 Å². The number of hydrogen-bond acceptors (Lipinski definition) is 4. The van der Waals surface area contributed by atoms with Crippen molar-refractivity contribution in [2.75, 3.05) is 59.0 Å². The molecule has 1 N–H and O–H groups in total. The molecule has 2 saturated heterocycles. The van der Waals surface area contributed by atoms with Crippen LogP contribution >= 0.6 is 0 Å². The van der Waals surface area contributed by atoms with Gasteiger partial charge in [0, 0.05) is 44.7 Å². The lowest BCUT2D eigenvalue weighted by molar-refractivity contribution is 0.112. The molecule has 2 atom stereocenters. The van der Waals surface area contributed by atoms with Crippen LogP contribution in [-0.4, -0.2) is 74.9 Å². The second kappa shape index (κ2) is 7.43. The van der Waals surface area contributed by atoms with E-state index in [-0.39, 0.29) is 0 Å². The third-order valence-electron chi connectivity index (χ3n) is 4.26. The highest BCUT2D eigenvalue weighted by atomic mass is 16.5. The summed E-state index contributed by atoms with van der Waals surface area (Å²) in [5.74, 6) is 0.685. The maximum Gasteiger partial charge on any atom is 0.0623 e. The maximum atomic E-state index is 5.65. The molecule has 0 saturated carbocycles. The van der Waals surface area contributed by atoms with Crippen molar-refractivity contribution >= 4 is 0 Å². The summed E-state index contributed by atoms with van der Waals surface area (Å²) >= 11 is 0. The molecule has 2 heterocycles. The molecule has 0 aliphatic carbocycles. The van der Waals surface area contributed by atoms with E-state index in [1.165, 1.54) is 45.7 Å². The Morgan fingerprint density at radius 3 is 2.44 bits per heavy atom. The Bertz CT molecular complexity index is 229. The van der Waals surface area contributed by atoms with Crippen molar-refractivity contribution in [2.45, 2.75) is 26.3 Å². The molecule has 0 spiro atoms. The van der Waals surface area contributed by atoms with Crippen LogP contribution < -0.4 is 5.32 Å². The molecule has 106 valence electrons. The van der Waals surface area contributed by atoms with E-state index in [0.717, 1.165) is 19.8 Å². The molecule has 4 nitrogen and oxygen atoms in total. The van der Waals surface area contributed by atoms with Crippen LogP contribution in [0.5, 0.6) is 0 Å². The summed E-state index contributed by atoms with van der Waals surface area (Å²) in [4.78, 5) is 5.15. The van der Waals surface area contributed by atoms with Gasteiger partial charge in [0.15, 0.2) is 0 Å². The Kier molecular flexibility index (Phi) is 5.89. The van der Waals surface area contributed by atoms with Crippen LogP contribution in [0.15, 0.2) is 0 Å². The number of rotatable bonds is 6. The molecule has 18 heavy (non-hydrogen) atoms. The van der Waals surface area contributed by atoms with E-state index in [1.54, 1.807) is 0 Å². The molecule has 2 aliphatic heterocycles. The molecule has 0 aromatic carbocycles. The third kappa shape index (κ3) is 3.92. The summed E-state index contributed by atoms with van der Waals surface area (Å²) in [5, 5.41) is 3.63. The number of nitrogens with zero attached hydrogens (tertiary/aromatic N) is 2. The highest BCUT2D eigenvalue weighted by molar-refractivity contribution is 4.85. The third-order valence-corrected chi connectivity index (χ3v) is 4.26. The van der Waals surface area contributed by atoms with Crippen LogP contribution in [-0.2, 0) is 4.74 Å². The molecule has 0 radical (unpaired) electrons. The predicted molar refractivity (Wildman–Crippen MR) is 74.9 cm³/mol. The molecule has 2 fully saturated rings. The van der Waals surface area contributed by atoms with E-state index in [4.69, 9.17) is 4.74 Å². The highest BCUT2D eigenvalue weighted by Crippen LogP contribution is 2.16. The number of likely N-dealkylation sites (N-methyl/N-ethyl adjacent to an activating group) is 1. The Morgan fingerprint density at radius 1 is 1.06 bits per heavy atom. The standard InChI is InChI=1S/C14H29N3O/c1-3-5-15-14-12-18-11-13(14)10-17-8-6-16(4-2)7-9-17/h13-15H,3-12H2,1-2H3. The van der Waals surface area contributed by atoms with E-state index >= 15 is 0 Å². The van der Waals surface area contributed by atoms with Crippen molar-refractivity contribution in [3.05, 3.63) is 0 Å². The van der Waals surface area contributed by atoms with Crippen LogP contribution in [0, 0.1) is 5.92 Å². The first-order valence-corrected chi connectivity index (χ1v) is 7.59. The molecule has 4 heteroatoms. The molecule has 2 unspecified atom stereocenters. The fraction of sp³-hybridized carbons (Fsp3) is 1.00. The normalized spacial score (nSPS) is 31.0. The number of nitrogens with one attached hydrogen (secondary N) is 1. The van der Waals surface area contributed by atoms with E-state index in [2.05, 4.69) is 29.0 Å². The second-order valence-corrected chi connectivity index (χ2v) is 5.59. The molecule has 0 aromatic heterocycles. The van der Waals surface area contributed by atoms with Crippen molar-refractivity contribution in [3.8, 4) is 0 Å². The Balaban J connectivity index is 1.71. The highest BCUT2D eigenvalue weighted by Gasteiger charge is 2.30. The van der Waals surface area contributed by atoms with Gasteiger partial charge in [0.1, 0.15) is 0 Å². The van der Waals surface area contributed by atoms with Gasteiger partial charge in [-0.2, -0.15) is 0 Å². The van der Waals surface area contributed by atoms with Crippen LogP contribution in [0.2, 0.25) is 0 Å². The maximum absolute atomic E-state index is 5.65. The van der Waals surface area contributed by atoms with Gasteiger partial charge in [-0.15, -0.1) is 0 Å². The monoisotopic (exact) mass is 255 g/mol. The van der Waals surface area contributed by atoms with Crippen LogP contribution in [0.25, 0.3) is 0 Å². The fourth-order valence-electron chi connectivity index (χ4n) is 2.95. The summed E-state index contributed by atoms with van der Waals surface area (Å²) in [6, 6.07) is 0.578. The van der Waals surface area contributed by atoms with Gasteiger partial charge in [0.05, 0.1) is 13.2 Å². The molecule has 0 amide bonds. The lowest BCUT2D eigenvalue weighted by Crippen LogP contribution is -2.50. The predicted octanol–water partition coefficient (Wildman–Crippen LogP) is 0.639. The SMILES string of the molecule is CCCNC1COCC1CN1CCN(CC)CC1.